The average molecular weight is 953 g/mol. The molecule has 0 aromatic heterocycles. The summed E-state index contributed by atoms with van der Waals surface area (Å²) in [6.45, 7) is 0. The molecule has 0 amide bonds. The number of hydrogen-bond donors (Lipinski definition) is 0. The van der Waals surface area contributed by atoms with Gasteiger partial charge in [0.05, 0.1) is 28.4 Å². The van der Waals surface area contributed by atoms with Crippen LogP contribution in [0.2, 0.25) is 0 Å². The first-order valence-corrected chi connectivity index (χ1v) is 24.2. The van der Waals surface area contributed by atoms with Gasteiger partial charge < -0.3 is 18.9 Å². The Bertz CT molecular complexity index is 2660. The molecule has 8 aromatic rings. The molecule has 0 bridgehead atoms. The number of benzene rings is 8. The van der Waals surface area contributed by atoms with Gasteiger partial charge in [-0.25, -0.2) is 0 Å². The van der Waals surface area contributed by atoms with Crippen LogP contribution in [0, 0.1) is 23.7 Å². The maximum Gasteiger partial charge on any atom is 0.167 e. The SMILES string of the molecule is COc1ccc([C@@H]2[C@@H](C(=O)c3ccccc3)[C@@H](C(=O)c3ccccc3)[C@@H]2c2ccc(OC)cc2)cc1.COc1ccc([C@@H]2[C@@H](C(=O)c3ccccc3)[C@@H](C(=O)c3ccccc3)[C@@H]2c2ccc(OC)cc2)cc1. The third kappa shape index (κ3) is 9.86. The standard InChI is InChI=1S/2C32H28O4/c2*1-35-25-17-13-21(14-18-25)27-28(22-15-19-26(36-2)20-16-22)30(32(34)24-11-7-4-8-12-24)29(27)31(33)23-9-5-3-6-10-23/h2*3-20,27-30H,1-2H3/t2*27-,28+,29+,30-. The van der Waals surface area contributed by atoms with Crippen LogP contribution < -0.4 is 18.9 Å². The molecule has 8 heteroatoms. The number of ether oxygens (including phenoxy) is 4. The molecule has 8 aromatic carbocycles. The summed E-state index contributed by atoms with van der Waals surface area (Å²) in [5, 5.41) is 0. The Morgan fingerprint density at radius 3 is 0.569 bits per heavy atom. The van der Waals surface area contributed by atoms with Crippen LogP contribution in [0.4, 0.5) is 0 Å². The van der Waals surface area contributed by atoms with Crippen LogP contribution in [0.1, 0.15) is 87.4 Å². The van der Waals surface area contributed by atoms with E-state index < -0.39 is 23.7 Å². The number of hydrogen-bond acceptors (Lipinski definition) is 8. The zero-order chi connectivity index (χ0) is 50.1. The zero-order valence-electron chi connectivity index (χ0n) is 40.7. The molecule has 0 saturated heterocycles. The van der Waals surface area contributed by atoms with E-state index in [2.05, 4.69) is 0 Å². The van der Waals surface area contributed by atoms with Gasteiger partial charge in [-0.3, -0.25) is 19.2 Å². The lowest BCUT2D eigenvalue weighted by Gasteiger charge is -2.51. The minimum atomic E-state index is -0.486. The van der Waals surface area contributed by atoms with Crippen LogP contribution in [0.25, 0.3) is 0 Å². The van der Waals surface area contributed by atoms with Crippen LogP contribution in [0.3, 0.4) is 0 Å². The van der Waals surface area contributed by atoms with Crippen molar-refractivity contribution in [2.75, 3.05) is 28.4 Å². The smallest absolute Gasteiger partial charge is 0.167 e. The van der Waals surface area contributed by atoms with Gasteiger partial charge in [0.2, 0.25) is 0 Å². The molecule has 0 N–H and O–H groups in total. The Labute approximate surface area is 421 Å². The van der Waals surface area contributed by atoms with Crippen LogP contribution in [-0.4, -0.2) is 51.6 Å². The van der Waals surface area contributed by atoms with Gasteiger partial charge in [0, 0.05) is 69.6 Å². The maximum absolute atomic E-state index is 14.0. The summed E-state index contributed by atoms with van der Waals surface area (Å²) in [5.74, 6) is 0.417. The highest BCUT2D eigenvalue weighted by Gasteiger charge is 2.59. The number of carbonyl (C=O) groups is 4. The van der Waals surface area contributed by atoms with Crippen molar-refractivity contribution in [3.05, 3.63) is 263 Å². The number of carbonyl (C=O) groups excluding carboxylic acids is 4. The molecule has 2 fully saturated rings. The molecule has 0 unspecified atom stereocenters. The van der Waals surface area contributed by atoms with Gasteiger partial charge in [-0.1, -0.05) is 170 Å². The highest BCUT2D eigenvalue weighted by atomic mass is 16.5. The van der Waals surface area contributed by atoms with Crippen LogP contribution >= 0.6 is 0 Å². The minimum Gasteiger partial charge on any atom is -0.497 e. The lowest BCUT2D eigenvalue weighted by atomic mass is 9.49. The first-order chi connectivity index (χ1) is 35.2. The van der Waals surface area contributed by atoms with E-state index in [1.165, 1.54) is 0 Å². The summed E-state index contributed by atoms with van der Waals surface area (Å²) < 4.78 is 21.5. The second-order valence-corrected chi connectivity index (χ2v) is 18.2. The normalized spacial score (nSPS) is 20.7. The molecule has 72 heavy (non-hydrogen) atoms. The fourth-order valence-corrected chi connectivity index (χ4v) is 10.9. The van der Waals surface area contributed by atoms with E-state index in [9.17, 15) is 19.2 Å². The highest BCUT2D eigenvalue weighted by Crippen LogP contribution is 2.61. The molecule has 0 heterocycles. The molecule has 10 rings (SSSR count). The van der Waals surface area contributed by atoms with E-state index in [1.807, 2.05) is 218 Å². The van der Waals surface area contributed by atoms with Gasteiger partial charge in [-0.15, -0.1) is 0 Å². The van der Waals surface area contributed by atoms with Crippen molar-refractivity contribution in [1.82, 2.24) is 0 Å². The Kier molecular flexibility index (Phi) is 15.0. The van der Waals surface area contributed by atoms with E-state index in [-0.39, 0.29) is 46.8 Å². The van der Waals surface area contributed by atoms with Gasteiger partial charge >= 0.3 is 0 Å². The van der Waals surface area contributed by atoms with E-state index in [1.54, 1.807) is 28.4 Å². The second kappa shape index (κ2) is 22.2. The fourth-order valence-electron chi connectivity index (χ4n) is 10.9. The number of rotatable bonds is 16. The zero-order valence-corrected chi connectivity index (χ0v) is 40.7. The van der Waals surface area contributed by atoms with Gasteiger partial charge in [-0.05, 0) is 70.8 Å². The molecule has 0 spiro atoms. The van der Waals surface area contributed by atoms with Crippen LogP contribution in [-0.2, 0) is 0 Å². The Morgan fingerprint density at radius 1 is 0.250 bits per heavy atom. The Balaban J connectivity index is 0.000000178. The topological polar surface area (TPSA) is 105 Å². The Morgan fingerprint density at radius 2 is 0.417 bits per heavy atom. The predicted molar refractivity (Wildman–Crippen MR) is 280 cm³/mol. The summed E-state index contributed by atoms with van der Waals surface area (Å²) in [5.41, 5.74) is 6.57. The average Bonchev–Trinajstić information content (AvgIpc) is 3.44. The third-order valence-electron chi connectivity index (χ3n) is 14.5. The molecule has 8 atom stereocenters. The lowest BCUT2D eigenvalue weighted by molar-refractivity contribution is 0.0456. The van der Waals surface area contributed by atoms with Crippen LogP contribution in [0.5, 0.6) is 23.0 Å². The number of ketones is 4. The largest absolute Gasteiger partial charge is 0.497 e. The molecule has 2 aliphatic rings. The molecule has 0 aliphatic heterocycles. The van der Waals surface area contributed by atoms with Crippen molar-refractivity contribution in [2.45, 2.75) is 23.7 Å². The van der Waals surface area contributed by atoms with Gasteiger partial charge in [-0.2, -0.15) is 0 Å². The second-order valence-electron chi connectivity index (χ2n) is 18.2. The molecule has 2 aliphatic carbocycles. The maximum atomic E-state index is 14.0. The fraction of sp³-hybridized carbons (Fsp3) is 0.188. The van der Waals surface area contributed by atoms with Crippen LogP contribution in [0.15, 0.2) is 218 Å². The van der Waals surface area contributed by atoms with Gasteiger partial charge in [0.15, 0.2) is 23.1 Å². The van der Waals surface area contributed by atoms with Gasteiger partial charge in [0.1, 0.15) is 23.0 Å². The summed E-state index contributed by atoms with van der Waals surface area (Å²) >= 11 is 0. The predicted octanol–water partition coefficient (Wildman–Crippen LogP) is 13.2. The first-order valence-electron chi connectivity index (χ1n) is 24.2. The quantitative estimate of drug-likeness (QED) is 0.0882. The van der Waals surface area contributed by atoms with Crippen molar-refractivity contribution in [1.29, 1.82) is 0 Å². The molecule has 360 valence electrons. The highest BCUT2D eigenvalue weighted by molar-refractivity contribution is 6.08. The summed E-state index contributed by atoms with van der Waals surface area (Å²) in [6, 6.07) is 68.5. The molecule has 2 saturated carbocycles. The molecule has 0 radical (unpaired) electrons. The minimum absolute atomic E-state index is 0.00420. The third-order valence-corrected chi connectivity index (χ3v) is 14.5. The summed E-state index contributed by atoms with van der Waals surface area (Å²) in [7, 11) is 6.53. The lowest BCUT2D eigenvalue weighted by Crippen LogP contribution is -2.51. The van der Waals surface area contributed by atoms with E-state index in [0.29, 0.717) is 22.3 Å². The molecular formula is C64H56O8. The van der Waals surface area contributed by atoms with Crippen molar-refractivity contribution in [3.8, 4) is 23.0 Å². The Hall–Kier alpha value is -8.36. The molecular weight excluding hydrogens is 897 g/mol. The van der Waals surface area contributed by atoms with E-state index in [4.69, 9.17) is 18.9 Å². The van der Waals surface area contributed by atoms with Crippen molar-refractivity contribution in [2.24, 2.45) is 23.7 Å². The number of Topliss-reactive ketones (excluding diaryl/α,β-unsaturated/α-hetero) is 4. The van der Waals surface area contributed by atoms with Gasteiger partial charge in [0.25, 0.3) is 0 Å². The van der Waals surface area contributed by atoms with E-state index >= 15 is 0 Å². The van der Waals surface area contributed by atoms with Crippen molar-refractivity contribution in [3.63, 3.8) is 0 Å². The summed E-state index contributed by atoms with van der Waals surface area (Å²) in [6.07, 6.45) is 0. The van der Waals surface area contributed by atoms with E-state index in [0.717, 1.165) is 45.3 Å². The number of methoxy groups -OCH3 is 4. The monoisotopic (exact) mass is 952 g/mol. The molecule has 8 nitrogen and oxygen atoms in total. The van der Waals surface area contributed by atoms with Crippen molar-refractivity contribution < 1.29 is 38.1 Å². The summed E-state index contributed by atoms with van der Waals surface area (Å²) in [4.78, 5) is 55.8. The van der Waals surface area contributed by atoms with Crippen molar-refractivity contribution >= 4 is 23.1 Å². The first kappa shape index (κ1) is 48.7.